The fourth-order valence-corrected chi connectivity index (χ4v) is 4.51. The van der Waals surface area contributed by atoms with Gasteiger partial charge in [0.15, 0.2) is 0 Å². The molecule has 1 aromatic heterocycles. The van der Waals surface area contributed by atoms with Crippen molar-refractivity contribution in [3.8, 4) is 11.3 Å². The zero-order chi connectivity index (χ0) is 20.7. The largest absolute Gasteiger partial charge is 0.322 e. The van der Waals surface area contributed by atoms with Crippen molar-refractivity contribution in [2.45, 2.75) is 19.5 Å². The van der Waals surface area contributed by atoms with Crippen molar-refractivity contribution in [2.75, 3.05) is 0 Å². The van der Waals surface area contributed by atoms with Gasteiger partial charge < -0.3 is 4.90 Å². The summed E-state index contributed by atoms with van der Waals surface area (Å²) in [6.45, 7) is 2.60. The molecule has 0 saturated heterocycles. The molecule has 5 rings (SSSR count). The number of aromatic nitrogens is 2. The Morgan fingerprint density at radius 3 is 2.50 bits per heavy atom. The first-order valence-electron chi connectivity index (χ1n) is 9.87. The van der Waals surface area contributed by atoms with Gasteiger partial charge in [0.25, 0.3) is 5.91 Å². The average Bonchev–Trinajstić information content (AvgIpc) is 3.30. The number of benzene rings is 3. The number of nitrogens with zero attached hydrogens (tertiary/aromatic N) is 2. The maximum absolute atomic E-state index is 13.4. The lowest BCUT2D eigenvalue weighted by molar-refractivity contribution is 0.0730. The van der Waals surface area contributed by atoms with E-state index in [-0.39, 0.29) is 11.9 Å². The highest BCUT2D eigenvalue weighted by Gasteiger charge is 2.42. The Labute approximate surface area is 183 Å². The lowest BCUT2D eigenvalue weighted by Gasteiger charge is -2.26. The van der Waals surface area contributed by atoms with Crippen LogP contribution in [-0.4, -0.2) is 21.0 Å². The molecule has 2 heterocycles. The van der Waals surface area contributed by atoms with Gasteiger partial charge in [-0.15, -0.1) is 0 Å². The summed E-state index contributed by atoms with van der Waals surface area (Å²) in [4.78, 5) is 15.4. The average molecular weight is 458 g/mol. The van der Waals surface area contributed by atoms with E-state index < -0.39 is 0 Å². The first kappa shape index (κ1) is 18.8. The van der Waals surface area contributed by atoms with Crippen LogP contribution < -0.4 is 0 Å². The molecule has 0 saturated carbocycles. The molecule has 3 aromatic carbocycles. The maximum Gasteiger partial charge on any atom is 0.273 e. The van der Waals surface area contributed by atoms with E-state index in [9.17, 15) is 4.79 Å². The molecule has 1 amide bonds. The second kappa shape index (κ2) is 7.58. The summed E-state index contributed by atoms with van der Waals surface area (Å²) in [6.07, 6.45) is 0. The lowest BCUT2D eigenvalue weighted by Crippen LogP contribution is -2.29. The Morgan fingerprint density at radius 1 is 1.00 bits per heavy atom. The number of aromatic amines is 1. The highest BCUT2D eigenvalue weighted by molar-refractivity contribution is 9.10. The molecule has 1 N–H and O–H groups in total. The van der Waals surface area contributed by atoms with Crippen molar-refractivity contribution in [1.29, 1.82) is 0 Å². The molecule has 0 aliphatic carbocycles. The summed E-state index contributed by atoms with van der Waals surface area (Å²) in [5, 5.41) is 7.55. The first-order valence-corrected chi connectivity index (χ1v) is 10.7. The van der Waals surface area contributed by atoms with Gasteiger partial charge in [-0.25, -0.2) is 0 Å². The number of carbonyl (C=O) groups excluding carboxylic acids is 1. The Bertz CT molecular complexity index is 1210. The summed E-state index contributed by atoms with van der Waals surface area (Å²) in [5.74, 6) is -0.0229. The normalized spacial score (nSPS) is 15.5. The molecule has 0 radical (unpaired) electrons. The molecule has 4 nitrogen and oxygen atoms in total. The second-order valence-corrected chi connectivity index (χ2v) is 8.52. The molecule has 4 aromatic rings. The standard InChI is InChI=1S/C25H20BrN3O/c1-16-10-12-17(13-11-16)15-29-24(19-8-5-9-20(26)14-19)21-22(18-6-3-2-4-7-18)27-28-23(21)25(29)30/h2-14,24H,15H2,1H3,(H,27,28). The molecule has 0 fully saturated rings. The van der Waals surface area contributed by atoms with Crippen molar-refractivity contribution >= 4 is 21.8 Å². The monoisotopic (exact) mass is 457 g/mol. The molecule has 1 unspecified atom stereocenters. The van der Waals surface area contributed by atoms with E-state index in [1.165, 1.54) is 5.56 Å². The predicted octanol–water partition coefficient (Wildman–Crippen LogP) is 5.89. The number of hydrogen-bond donors (Lipinski definition) is 1. The number of amides is 1. The van der Waals surface area contributed by atoms with E-state index in [0.717, 1.165) is 32.4 Å². The minimum Gasteiger partial charge on any atom is -0.322 e. The van der Waals surface area contributed by atoms with E-state index in [1.54, 1.807) is 0 Å². The van der Waals surface area contributed by atoms with Crippen LogP contribution in [0.2, 0.25) is 0 Å². The fourth-order valence-electron chi connectivity index (χ4n) is 4.09. The van der Waals surface area contributed by atoms with E-state index in [0.29, 0.717) is 12.2 Å². The molecule has 1 aliphatic heterocycles. The summed E-state index contributed by atoms with van der Waals surface area (Å²) >= 11 is 3.59. The highest BCUT2D eigenvalue weighted by atomic mass is 79.9. The maximum atomic E-state index is 13.4. The van der Waals surface area contributed by atoms with Gasteiger partial charge in [-0.3, -0.25) is 9.89 Å². The number of fused-ring (bicyclic) bond motifs is 1. The third kappa shape index (κ3) is 3.25. The Morgan fingerprint density at radius 2 is 1.77 bits per heavy atom. The minimum atomic E-state index is -0.208. The minimum absolute atomic E-state index is 0.0229. The molecule has 1 atom stereocenters. The third-order valence-corrected chi connectivity index (χ3v) is 6.04. The molecule has 1 aliphatic rings. The van der Waals surface area contributed by atoms with E-state index >= 15 is 0 Å². The van der Waals surface area contributed by atoms with Gasteiger partial charge in [-0.2, -0.15) is 5.10 Å². The van der Waals surface area contributed by atoms with Crippen LogP contribution in [0.4, 0.5) is 0 Å². The summed E-state index contributed by atoms with van der Waals surface area (Å²) in [6, 6.07) is 26.3. The van der Waals surface area contributed by atoms with Gasteiger partial charge in [0, 0.05) is 22.1 Å². The number of aryl methyl sites for hydroxylation is 1. The molecule has 5 heteroatoms. The second-order valence-electron chi connectivity index (χ2n) is 7.60. The van der Waals surface area contributed by atoms with Gasteiger partial charge in [0.05, 0.1) is 11.7 Å². The van der Waals surface area contributed by atoms with Crippen LogP contribution in [0.25, 0.3) is 11.3 Å². The van der Waals surface area contributed by atoms with Crippen LogP contribution in [-0.2, 0) is 6.54 Å². The number of carbonyl (C=O) groups is 1. The van der Waals surface area contributed by atoms with Gasteiger partial charge in [0.1, 0.15) is 5.69 Å². The van der Waals surface area contributed by atoms with E-state index in [1.807, 2.05) is 47.4 Å². The van der Waals surface area contributed by atoms with Crippen molar-refractivity contribution < 1.29 is 4.79 Å². The zero-order valence-electron chi connectivity index (χ0n) is 16.5. The van der Waals surface area contributed by atoms with Gasteiger partial charge in [-0.1, -0.05) is 88.2 Å². The van der Waals surface area contributed by atoms with Gasteiger partial charge in [0.2, 0.25) is 0 Å². The summed E-state index contributed by atoms with van der Waals surface area (Å²) < 4.78 is 0.987. The lowest BCUT2D eigenvalue weighted by atomic mass is 9.96. The van der Waals surface area contributed by atoms with Gasteiger partial charge >= 0.3 is 0 Å². The van der Waals surface area contributed by atoms with Crippen molar-refractivity contribution in [2.24, 2.45) is 0 Å². The van der Waals surface area contributed by atoms with Crippen LogP contribution in [0.15, 0.2) is 83.3 Å². The van der Waals surface area contributed by atoms with Crippen molar-refractivity contribution in [3.63, 3.8) is 0 Å². The summed E-state index contributed by atoms with van der Waals surface area (Å²) in [7, 11) is 0. The van der Waals surface area contributed by atoms with Gasteiger partial charge in [-0.05, 0) is 30.2 Å². The molecular weight excluding hydrogens is 438 g/mol. The quantitative estimate of drug-likeness (QED) is 0.415. The predicted molar refractivity (Wildman–Crippen MR) is 121 cm³/mol. The Kier molecular flexibility index (Phi) is 4.75. The van der Waals surface area contributed by atoms with Crippen LogP contribution in [0.3, 0.4) is 0 Å². The first-order chi connectivity index (χ1) is 14.6. The molecule has 148 valence electrons. The molecular formula is C25H20BrN3O. The smallest absolute Gasteiger partial charge is 0.273 e. The topological polar surface area (TPSA) is 49.0 Å². The number of rotatable bonds is 4. The fraction of sp³-hybridized carbons (Fsp3) is 0.120. The third-order valence-electron chi connectivity index (χ3n) is 5.55. The van der Waals surface area contributed by atoms with Crippen LogP contribution in [0.1, 0.15) is 38.8 Å². The van der Waals surface area contributed by atoms with Crippen LogP contribution in [0, 0.1) is 6.92 Å². The zero-order valence-corrected chi connectivity index (χ0v) is 18.1. The Hall–Kier alpha value is -3.18. The van der Waals surface area contributed by atoms with Crippen molar-refractivity contribution in [3.05, 3.63) is 111 Å². The molecule has 0 bridgehead atoms. The summed E-state index contributed by atoms with van der Waals surface area (Å²) in [5.41, 5.74) is 6.71. The molecule has 30 heavy (non-hydrogen) atoms. The number of halogens is 1. The van der Waals surface area contributed by atoms with E-state index in [2.05, 4.69) is 69.4 Å². The highest BCUT2D eigenvalue weighted by Crippen LogP contribution is 2.43. The van der Waals surface area contributed by atoms with Crippen molar-refractivity contribution in [1.82, 2.24) is 15.1 Å². The number of H-pyrrole nitrogens is 1. The SMILES string of the molecule is Cc1ccc(CN2C(=O)c3[nH]nc(-c4ccccc4)c3C2c2cccc(Br)c2)cc1. The molecule has 0 spiro atoms. The van der Waals surface area contributed by atoms with Crippen LogP contribution >= 0.6 is 15.9 Å². The Balaban J connectivity index is 1.64. The van der Waals surface area contributed by atoms with Crippen LogP contribution in [0.5, 0.6) is 0 Å². The van der Waals surface area contributed by atoms with E-state index in [4.69, 9.17) is 0 Å². The number of hydrogen-bond acceptors (Lipinski definition) is 2. The number of nitrogens with one attached hydrogen (secondary N) is 1.